The van der Waals surface area contributed by atoms with Gasteiger partial charge < -0.3 is 5.32 Å². The number of rotatable bonds is 6. The number of benzene rings is 1. The van der Waals surface area contributed by atoms with Crippen LogP contribution in [-0.2, 0) is 13.0 Å². The lowest BCUT2D eigenvalue weighted by Crippen LogP contribution is -2.18. The summed E-state index contributed by atoms with van der Waals surface area (Å²) in [5, 5.41) is 9.48. The zero-order valence-corrected chi connectivity index (χ0v) is 12.6. The summed E-state index contributed by atoms with van der Waals surface area (Å²) < 4.78 is 3.86. The van der Waals surface area contributed by atoms with Gasteiger partial charge in [0, 0.05) is 18.0 Å². The summed E-state index contributed by atoms with van der Waals surface area (Å²) in [5.74, 6) is 0.707. The van der Waals surface area contributed by atoms with E-state index in [1.807, 2.05) is 5.38 Å². The van der Waals surface area contributed by atoms with E-state index in [4.69, 9.17) is 0 Å². The van der Waals surface area contributed by atoms with E-state index in [0.29, 0.717) is 12.0 Å². The lowest BCUT2D eigenvalue weighted by Gasteiger charge is -2.14. The van der Waals surface area contributed by atoms with Crippen LogP contribution in [0.15, 0.2) is 29.6 Å². The van der Waals surface area contributed by atoms with Gasteiger partial charge in [-0.25, -0.2) is 0 Å². The molecule has 1 unspecified atom stereocenters. The Hall–Kier alpha value is -1.26. The van der Waals surface area contributed by atoms with Crippen molar-refractivity contribution in [3.8, 4) is 0 Å². The minimum Gasteiger partial charge on any atom is -0.304 e. The molecule has 0 fully saturated rings. The molecule has 0 saturated heterocycles. The summed E-state index contributed by atoms with van der Waals surface area (Å²) in [4.78, 5) is 0. The largest absolute Gasteiger partial charge is 0.304 e. The Morgan fingerprint density at radius 3 is 2.47 bits per heavy atom. The first-order valence-electron chi connectivity index (χ1n) is 6.73. The first-order chi connectivity index (χ1) is 9.15. The van der Waals surface area contributed by atoms with Crippen LogP contribution in [0.5, 0.6) is 0 Å². The average Bonchev–Trinajstić information content (AvgIpc) is 2.89. The van der Waals surface area contributed by atoms with Gasteiger partial charge in [-0.3, -0.25) is 0 Å². The van der Waals surface area contributed by atoms with Crippen LogP contribution >= 0.6 is 11.5 Å². The van der Waals surface area contributed by atoms with Gasteiger partial charge in [0.05, 0.1) is 5.69 Å². The SMILES string of the molecule is CC(C)Cc1ccc(C(C)NCc2csnn2)cc1. The summed E-state index contributed by atoms with van der Waals surface area (Å²) in [6.45, 7) is 7.45. The van der Waals surface area contributed by atoms with Crippen LogP contribution in [0.3, 0.4) is 0 Å². The van der Waals surface area contributed by atoms with Crippen molar-refractivity contribution in [2.45, 2.75) is 39.8 Å². The molecule has 0 amide bonds. The van der Waals surface area contributed by atoms with Crippen LogP contribution in [0, 0.1) is 5.92 Å². The van der Waals surface area contributed by atoms with Crippen LogP contribution in [0.2, 0.25) is 0 Å². The van der Waals surface area contributed by atoms with Crippen LogP contribution in [-0.4, -0.2) is 9.59 Å². The van der Waals surface area contributed by atoms with Gasteiger partial charge in [0.1, 0.15) is 0 Å². The van der Waals surface area contributed by atoms with E-state index in [-0.39, 0.29) is 0 Å². The lowest BCUT2D eigenvalue weighted by molar-refractivity contribution is 0.566. The minimum absolute atomic E-state index is 0.329. The molecule has 0 aliphatic heterocycles. The highest BCUT2D eigenvalue weighted by Gasteiger charge is 2.06. The molecule has 2 aromatic rings. The zero-order chi connectivity index (χ0) is 13.7. The number of nitrogens with zero attached hydrogens (tertiary/aromatic N) is 2. The second-order valence-electron chi connectivity index (χ2n) is 5.34. The average molecular weight is 275 g/mol. The minimum atomic E-state index is 0.329. The molecular weight excluding hydrogens is 254 g/mol. The molecule has 3 nitrogen and oxygen atoms in total. The van der Waals surface area contributed by atoms with Crippen LogP contribution < -0.4 is 5.32 Å². The molecule has 1 atom stereocenters. The van der Waals surface area contributed by atoms with Crippen molar-refractivity contribution >= 4 is 11.5 Å². The van der Waals surface area contributed by atoms with Crippen molar-refractivity contribution in [2.75, 3.05) is 0 Å². The summed E-state index contributed by atoms with van der Waals surface area (Å²) in [5.41, 5.74) is 3.73. The van der Waals surface area contributed by atoms with Gasteiger partial charge in [-0.2, -0.15) is 0 Å². The van der Waals surface area contributed by atoms with E-state index in [2.05, 4.69) is 59.9 Å². The molecule has 0 bridgehead atoms. The molecule has 4 heteroatoms. The Bertz CT molecular complexity index is 477. The maximum atomic E-state index is 4.03. The first kappa shape index (κ1) is 14.2. The van der Waals surface area contributed by atoms with E-state index >= 15 is 0 Å². The maximum Gasteiger partial charge on any atom is 0.0893 e. The van der Waals surface area contributed by atoms with Crippen LogP contribution in [0.4, 0.5) is 0 Å². The lowest BCUT2D eigenvalue weighted by atomic mass is 10.00. The molecular formula is C15H21N3S. The highest BCUT2D eigenvalue weighted by molar-refractivity contribution is 7.03. The molecule has 0 radical (unpaired) electrons. The van der Waals surface area contributed by atoms with E-state index in [0.717, 1.165) is 18.7 Å². The van der Waals surface area contributed by atoms with Crippen molar-refractivity contribution in [1.29, 1.82) is 0 Å². The molecule has 1 aromatic heterocycles. The molecule has 2 rings (SSSR count). The molecule has 19 heavy (non-hydrogen) atoms. The van der Waals surface area contributed by atoms with Gasteiger partial charge in [0.15, 0.2) is 0 Å². The molecule has 1 heterocycles. The van der Waals surface area contributed by atoms with E-state index in [1.165, 1.54) is 22.7 Å². The van der Waals surface area contributed by atoms with Gasteiger partial charge in [0.25, 0.3) is 0 Å². The maximum absolute atomic E-state index is 4.03. The third-order valence-corrected chi connectivity index (χ3v) is 3.67. The van der Waals surface area contributed by atoms with Crippen molar-refractivity contribution in [3.05, 3.63) is 46.5 Å². The number of hydrogen-bond acceptors (Lipinski definition) is 4. The second kappa shape index (κ2) is 6.78. The Balaban J connectivity index is 1.90. The zero-order valence-electron chi connectivity index (χ0n) is 11.8. The predicted molar refractivity (Wildman–Crippen MR) is 80.1 cm³/mol. The molecule has 0 aliphatic rings. The smallest absolute Gasteiger partial charge is 0.0893 e. The Morgan fingerprint density at radius 2 is 1.89 bits per heavy atom. The van der Waals surface area contributed by atoms with Gasteiger partial charge in [-0.1, -0.05) is 42.6 Å². The molecule has 0 spiro atoms. The normalized spacial score (nSPS) is 12.8. The summed E-state index contributed by atoms with van der Waals surface area (Å²) >= 11 is 1.39. The topological polar surface area (TPSA) is 37.8 Å². The van der Waals surface area contributed by atoms with Gasteiger partial charge in [-0.15, -0.1) is 5.10 Å². The standard InChI is InChI=1S/C15H21N3S/c1-11(2)8-13-4-6-14(7-5-13)12(3)16-9-15-10-19-18-17-15/h4-7,10-12,16H,8-9H2,1-3H3. The third kappa shape index (κ3) is 4.40. The fourth-order valence-electron chi connectivity index (χ4n) is 2.05. The number of hydrogen-bond donors (Lipinski definition) is 1. The van der Waals surface area contributed by atoms with Crippen LogP contribution in [0.25, 0.3) is 0 Å². The fraction of sp³-hybridized carbons (Fsp3) is 0.467. The van der Waals surface area contributed by atoms with Gasteiger partial charge in [-0.05, 0) is 41.9 Å². The van der Waals surface area contributed by atoms with Crippen molar-refractivity contribution in [2.24, 2.45) is 5.92 Å². The third-order valence-electron chi connectivity index (χ3n) is 3.12. The van der Waals surface area contributed by atoms with Crippen LogP contribution in [0.1, 0.15) is 43.6 Å². The molecule has 1 N–H and O–H groups in total. The Kier molecular flexibility index (Phi) is 5.05. The molecule has 0 aliphatic carbocycles. The Morgan fingerprint density at radius 1 is 1.16 bits per heavy atom. The Labute approximate surface area is 119 Å². The quantitative estimate of drug-likeness (QED) is 0.875. The first-order valence-corrected chi connectivity index (χ1v) is 7.57. The summed E-state index contributed by atoms with van der Waals surface area (Å²) in [7, 11) is 0. The second-order valence-corrected chi connectivity index (χ2v) is 5.95. The number of aromatic nitrogens is 2. The van der Waals surface area contributed by atoms with E-state index in [1.54, 1.807) is 0 Å². The number of nitrogens with one attached hydrogen (secondary N) is 1. The summed E-state index contributed by atoms with van der Waals surface area (Å²) in [6, 6.07) is 9.23. The molecule has 102 valence electrons. The van der Waals surface area contributed by atoms with Gasteiger partial charge >= 0.3 is 0 Å². The van der Waals surface area contributed by atoms with Crippen molar-refractivity contribution in [1.82, 2.24) is 14.9 Å². The monoisotopic (exact) mass is 275 g/mol. The van der Waals surface area contributed by atoms with Crippen molar-refractivity contribution < 1.29 is 0 Å². The highest BCUT2D eigenvalue weighted by atomic mass is 32.1. The van der Waals surface area contributed by atoms with E-state index < -0.39 is 0 Å². The highest BCUT2D eigenvalue weighted by Crippen LogP contribution is 2.16. The van der Waals surface area contributed by atoms with Gasteiger partial charge in [0.2, 0.25) is 0 Å². The summed E-state index contributed by atoms with van der Waals surface area (Å²) in [6.07, 6.45) is 1.15. The fourth-order valence-corrected chi connectivity index (χ4v) is 2.50. The van der Waals surface area contributed by atoms with Crippen molar-refractivity contribution in [3.63, 3.8) is 0 Å². The molecule has 0 saturated carbocycles. The molecule has 1 aromatic carbocycles. The predicted octanol–water partition coefficient (Wildman–Crippen LogP) is 3.59. The van der Waals surface area contributed by atoms with E-state index in [9.17, 15) is 0 Å².